The standard InChI is InChI=1S/C106H76N8/c1-6-26-73(27-7-1)69-107-97-41-21-16-36-87(97)92-64-82(54-59-101(92)107)111(79-48-52-81(53-49-79)113(86-58-63-106-96(68-86)91-40-20-25-45-105(91)114(106)77-34-14-5-15-35-77)85-57-62-104-95(67-85)90-39-19-24-44-100(90)110(104)72-76-32-12-4-13-33-76)78-46-50-80(51-47-78)112(83-55-60-102-93(65-83)88-37-17-22-42-98(88)108(102)70-74-28-8-2-9-29-74)84-56-61-103-94(66-84)89-38-18-23-43-99(89)109(103)71-75-30-10-3-11-31-75/h1-68H,69-72H2. The molecule has 0 radical (unpaired) electrons. The molecule has 0 spiro atoms. The Hall–Kier alpha value is -14.9. The van der Waals surface area contributed by atoms with Crippen molar-refractivity contribution in [1.29, 1.82) is 0 Å². The largest absolute Gasteiger partial charge is 0.336 e. The van der Waals surface area contributed by atoms with Crippen molar-refractivity contribution in [3.8, 4) is 5.69 Å². The summed E-state index contributed by atoms with van der Waals surface area (Å²) in [6.45, 7) is 3.03. The number of nitrogens with zero attached hydrogens (tertiary/aromatic N) is 8. The molecule has 22 aromatic rings. The fourth-order valence-corrected chi connectivity index (χ4v) is 18.3. The van der Waals surface area contributed by atoms with Gasteiger partial charge in [0.25, 0.3) is 0 Å². The summed E-state index contributed by atoms with van der Waals surface area (Å²) in [5.74, 6) is 0. The number of aromatic nitrogens is 5. The Morgan fingerprint density at radius 1 is 0.149 bits per heavy atom. The van der Waals surface area contributed by atoms with E-state index in [4.69, 9.17) is 0 Å². The summed E-state index contributed by atoms with van der Waals surface area (Å²) in [7, 11) is 0. The van der Waals surface area contributed by atoms with Crippen LogP contribution in [0.5, 0.6) is 0 Å². The second-order valence-corrected chi connectivity index (χ2v) is 30.1. The molecule has 0 atom stereocenters. The minimum Gasteiger partial charge on any atom is -0.336 e. The molecule has 22 rings (SSSR count). The van der Waals surface area contributed by atoms with E-state index in [0.717, 1.165) is 88.6 Å². The minimum absolute atomic E-state index is 0.750. The summed E-state index contributed by atoms with van der Waals surface area (Å²) >= 11 is 0. The zero-order valence-corrected chi connectivity index (χ0v) is 62.7. The average Bonchev–Trinajstić information content (AvgIpc) is 1.83. The number of benzene rings is 17. The molecule has 0 aliphatic rings. The Balaban J connectivity index is 0.720. The third kappa shape index (κ3) is 11.4. The van der Waals surface area contributed by atoms with Gasteiger partial charge in [0.2, 0.25) is 0 Å². The van der Waals surface area contributed by atoms with Crippen molar-refractivity contribution < 1.29 is 0 Å². The topological polar surface area (TPSA) is 34.4 Å². The number of hydrogen-bond acceptors (Lipinski definition) is 3. The predicted molar refractivity (Wildman–Crippen MR) is 479 cm³/mol. The van der Waals surface area contributed by atoms with Gasteiger partial charge in [0, 0.05) is 181 Å². The lowest BCUT2D eigenvalue weighted by Gasteiger charge is -2.30. The zero-order chi connectivity index (χ0) is 75.2. The molecule has 0 N–H and O–H groups in total. The van der Waals surface area contributed by atoms with Crippen LogP contribution in [0, 0.1) is 0 Å². The average molecular weight is 1460 g/mol. The molecule has 0 bridgehead atoms. The first kappa shape index (κ1) is 66.2. The third-order valence-electron chi connectivity index (χ3n) is 23.5. The highest BCUT2D eigenvalue weighted by molar-refractivity contribution is 6.15. The van der Waals surface area contributed by atoms with Crippen molar-refractivity contribution in [3.05, 3.63) is 435 Å². The molecule has 17 aromatic carbocycles. The van der Waals surface area contributed by atoms with Gasteiger partial charge in [0.15, 0.2) is 0 Å². The van der Waals surface area contributed by atoms with Crippen LogP contribution in [0.4, 0.5) is 51.2 Å². The molecule has 0 amide bonds. The van der Waals surface area contributed by atoms with Crippen LogP contribution >= 0.6 is 0 Å². The molecule has 5 heterocycles. The highest BCUT2D eigenvalue weighted by atomic mass is 15.2. The van der Waals surface area contributed by atoms with Gasteiger partial charge in [0.05, 0.1) is 11.0 Å². The molecule has 0 aliphatic heterocycles. The fraction of sp³-hybridized carbons (Fsp3) is 0.0377. The van der Waals surface area contributed by atoms with Crippen LogP contribution in [-0.4, -0.2) is 22.8 Å². The number of para-hydroxylation sites is 6. The van der Waals surface area contributed by atoms with Crippen molar-refractivity contribution in [1.82, 2.24) is 22.8 Å². The first-order valence-corrected chi connectivity index (χ1v) is 39.4. The zero-order valence-electron chi connectivity index (χ0n) is 62.7. The molecular weight excluding hydrogens is 1390 g/mol. The van der Waals surface area contributed by atoms with E-state index in [0.29, 0.717) is 0 Å². The molecule has 8 nitrogen and oxygen atoms in total. The SMILES string of the molecule is c1ccc(Cn2c3ccccc3c3cc(N(c4ccc(N(c5ccc6c(c5)c5ccccc5n6Cc5ccccc5)c5ccc6c(c5)c5ccccc5n6Cc5ccccc5)cc4)c4ccc(N(c5ccc6c(c5)c5ccccc5n6Cc5ccccc5)c5ccc6c(c5)c5ccccc5n6-c5ccccc5)cc4)ccc32)cc1. The third-order valence-corrected chi connectivity index (χ3v) is 23.5. The van der Waals surface area contributed by atoms with E-state index in [1.165, 1.54) is 126 Å². The number of anilines is 9. The normalized spacial score (nSPS) is 11.8. The van der Waals surface area contributed by atoms with E-state index in [9.17, 15) is 0 Å². The van der Waals surface area contributed by atoms with Crippen LogP contribution in [0.15, 0.2) is 413 Å². The maximum Gasteiger partial charge on any atom is 0.0542 e. The van der Waals surface area contributed by atoms with E-state index in [1.54, 1.807) is 0 Å². The first-order chi connectivity index (χ1) is 56.5. The number of fused-ring (bicyclic) bond motifs is 15. The molecule has 114 heavy (non-hydrogen) atoms. The summed E-state index contributed by atoms with van der Waals surface area (Å²) in [5.41, 5.74) is 27.5. The van der Waals surface area contributed by atoms with E-state index in [-0.39, 0.29) is 0 Å². The molecule has 5 aromatic heterocycles. The second-order valence-electron chi connectivity index (χ2n) is 30.1. The number of rotatable bonds is 18. The summed E-state index contributed by atoms with van der Waals surface area (Å²) in [5, 5.41) is 12.1. The van der Waals surface area contributed by atoms with Crippen LogP contribution in [0.3, 0.4) is 0 Å². The molecule has 0 unspecified atom stereocenters. The van der Waals surface area contributed by atoms with Gasteiger partial charge in [-0.25, -0.2) is 0 Å². The first-order valence-electron chi connectivity index (χ1n) is 39.4. The van der Waals surface area contributed by atoms with Crippen LogP contribution in [0.25, 0.3) is 115 Å². The van der Waals surface area contributed by atoms with E-state index >= 15 is 0 Å². The second kappa shape index (κ2) is 27.6. The smallest absolute Gasteiger partial charge is 0.0542 e. The summed E-state index contributed by atoms with van der Waals surface area (Å²) in [4.78, 5) is 7.37. The summed E-state index contributed by atoms with van der Waals surface area (Å²) < 4.78 is 12.3. The lowest BCUT2D eigenvalue weighted by atomic mass is 10.1. The van der Waals surface area contributed by atoms with Crippen molar-refractivity contribution in [3.63, 3.8) is 0 Å². The van der Waals surface area contributed by atoms with Crippen molar-refractivity contribution in [2.24, 2.45) is 0 Å². The Morgan fingerprint density at radius 3 is 0.614 bits per heavy atom. The fourth-order valence-electron chi connectivity index (χ4n) is 18.3. The highest BCUT2D eigenvalue weighted by Crippen LogP contribution is 2.48. The van der Waals surface area contributed by atoms with E-state index < -0.39 is 0 Å². The monoisotopic (exact) mass is 1460 g/mol. The van der Waals surface area contributed by atoms with E-state index in [2.05, 4.69) is 450 Å². The lowest BCUT2D eigenvalue weighted by Crippen LogP contribution is -2.13. The Bertz CT molecular complexity index is 7240. The van der Waals surface area contributed by atoms with Gasteiger partial charge in [-0.3, -0.25) is 0 Å². The van der Waals surface area contributed by atoms with Gasteiger partial charge in [-0.15, -0.1) is 0 Å². The van der Waals surface area contributed by atoms with Crippen LogP contribution in [-0.2, 0) is 26.2 Å². The Kier molecular flexibility index (Phi) is 16.0. The van der Waals surface area contributed by atoms with Crippen molar-refractivity contribution in [2.75, 3.05) is 14.7 Å². The molecule has 0 aliphatic carbocycles. The predicted octanol–water partition coefficient (Wildman–Crippen LogP) is 27.8. The van der Waals surface area contributed by atoms with Gasteiger partial charge in [-0.05, 0) is 204 Å². The number of hydrogen-bond donors (Lipinski definition) is 0. The van der Waals surface area contributed by atoms with Crippen molar-refractivity contribution in [2.45, 2.75) is 26.2 Å². The summed E-state index contributed by atoms with van der Waals surface area (Å²) in [6.07, 6.45) is 0. The molecule has 0 saturated heterocycles. The molecule has 540 valence electrons. The highest BCUT2D eigenvalue weighted by Gasteiger charge is 2.26. The van der Waals surface area contributed by atoms with Crippen LogP contribution in [0.1, 0.15) is 22.3 Å². The van der Waals surface area contributed by atoms with Gasteiger partial charge in [0.1, 0.15) is 0 Å². The van der Waals surface area contributed by atoms with Gasteiger partial charge >= 0.3 is 0 Å². The molecule has 8 heteroatoms. The van der Waals surface area contributed by atoms with E-state index in [1.807, 2.05) is 0 Å². The maximum absolute atomic E-state index is 2.48. The molecule has 0 fully saturated rings. The van der Waals surface area contributed by atoms with Crippen LogP contribution < -0.4 is 14.7 Å². The van der Waals surface area contributed by atoms with Crippen LogP contribution in [0.2, 0.25) is 0 Å². The Labute approximate surface area is 660 Å². The lowest BCUT2D eigenvalue weighted by molar-refractivity contribution is 0.869. The molecular formula is C106H76N8. The quantitative estimate of drug-likeness (QED) is 0.0859. The molecule has 0 saturated carbocycles. The maximum atomic E-state index is 2.48. The summed E-state index contributed by atoms with van der Waals surface area (Å²) in [6, 6.07) is 152. The van der Waals surface area contributed by atoms with Gasteiger partial charge in [-0.1, -0.05) is 231 Å². The Morgan fingerprint density at radius 2 is 0.333 bits per heavy atom. The van der Waals surface area contributed by atoms with Gasteiger partial charge in [-0.2, -0.15) is 0 Å². The van der Waals surface area contributed by atoms with Crippen molar-refractivity contribution >= 4 is 160 Å². The van der Waals surface area contributed by atoms with Gasteiger partial charge < -0.3 is 37.5 Å². The minimum atomic E-state index is 0.750.